The maximum Gasteiger partial charge on any atom is 0.255 e. The number of amides is 1. The van der Waals surface area contributed by atoms with Gasteiger partial charge in [-0.05, 0) is 61.7 Å². The molecule has 0 radical (unpaired) electrons. The third-order valence-electron chi connectivity index (χ3n) is 6.04. The third-order valence-corrected chi connectivity index (χ3v) is 7.30. The molecule has 0 fully saturated rings. The van der Waals surface area contributed by atoms with Gasteiger partial charge in [0, 0.05) is 34.6 Å². The van der Waals surface area contributed by atoms with Crippen LogP contribution in [-0.4, -0.2) is 25.7 Å². The lowest BCUT2D eigenvalue weighted by Gasteiger charge is -2.28. The molecule has 36 heavy (non-hydrogen) atoms. The second-order valence-electron chi connectivity index (χ2n) is 8.66. The second-order valence-corrected chi connectivity index (χ2v) is 10.0. The number of benzene rings is 2. The number of carbonyl (C=O) groups is 1. The first-order valence-corrected chi connectivity index (χ1v) is 12.9. The Kier molecular flexibility index (Phi) is 6.80. The highest BCUT2D eigenvalue weighted by Crippen LogP contribution is 2.37. The Morgan fingerprint density at radius 1 is 1.11 bits per heavy atom. The van der Waals surface area contributed by atoms with Crippen molar-refractivity contribution in [3.8, 4) is 0 Å². The monoisotopic (exact) mass is 516 g/mol. The van der Waals surface area contributed by atoms with Crippen LogP contribution in [0.1, 0.15) is 35.2 Å². The number of hydrogen-bond donors (Lipinski definition) is 2. The Balaban J connectivity index is 1.48. The Morgan fingerprint density at radius 3 is 2.64 bits per heavy atom. The topological polar surface area (TPSA) is 84.7 Å². The van der Waals surface area contributed by atoms with Gasteiger partial charge < -0.3 is 10.6 Å². The molecule has 1 aliphatic heterocycles. The van der Waals surface area contributed by atoms with Crippen LogP contribution in [0.4, 0.5) is 11.6 Å². The highest BCUT2D eigenvalue weighted by molar-refractivity contribution is 7.98. The van der Waals surface area contributed by atoms with Gasteiger partial charge in [0.25, 0.3) is 5.91 Å². The van der Waals surface area contributed by atoms with Crippen molar-refractivity contribution in [2.24, 2.45) is 0 Å². The molecule has 1 atom stereocenters. The standard InChI is InChI=1S/C27H25ClN6OS/c1-16-8-9-22(17(2)14-16)31-25(35)23-18(3)30-26-32-27(36-15-20-6-4-5-7-21(20)28)33-34(26)24(23)19-10-12-29-13-11-19/h4-14,24H,15H2,1-3H3,(H,31,35)(H,30,32,33). The van der Waals surface area contributed by atoms with E-state index >= 15 is 0 Å². The predicted molar refractivity (Wildman–Crippen MR) is 144 cm³/mol. The van der Waals surface area contributed by atoms with E-state index in [2.05, 4.69) is 15.6 Å². The van der Waals surface area contributed by atoms with Gasteiger partial charge in [0.15, 0.2) is 0 Å². The van der Waals surface area contributed by atoms with Crippen molar-refractivity contribution in [2.45, 2.75) is 37.7 Å². The van der Waals surface area contributed by atoms with Gasteiger partial charge in [-0.15, -0.1) is 5.10 Å². The summed E-state index contributed by atoms with van der Waals surface area (Å²) in [6.45, 7) is 5.91. The summed E-state index contributed by atoms with van der Waals surface area (Å²) < 4.78 is 1.77. The SMILES string of the molecule is CC1=C(C(=O)Nc2ccc(C)cc2C)C(c2ccncc2)n2nc(SCc3ccccc3Cl)nc2N1. The molecule has 0 saturated heterocycles. The van der Waals surface area contributed by atoms with E-state index in [1.807, 2.05) is 75.4 Å². The van der Waals surface area contributed by atoms with E-state index in [1.165, 1.54) is 11.8 Å². The lowest BCUT2D eigenvalue weighted by molar-refractivity contribution is -0.113. The van der Waals surface area contributed by atoms with Crippen LogP contribution in [-0.2, 0) is 10.5 Å². The van der Waals surface area contributed by atoms with Gasteiger partial charge >= 0.3 is 0 Å². The molecule has 0 aliphatic carbocycles. The number of rotatable bonds is 6. The molecule has 1 amide bonds. The van der Waals surface area contributed by atoms with Crippen molar-refractivity contribution in [3.05, 3.63) is 106 Å². The zero-order chi connectivity index (χ0) is 25.2. The minimum atomic E-state index is -0.461. The van der Waals surface area contributed by atoms with Gasteiger partial charge in [-0.3, -0.25) is 9.78 Å². The zero-order valence-corrected chi connectivity index (χ0v) is 21.7. The molecule has 182 valence electrons. The number of fused-ring (bicyclic) bond motifs is 1. The van der Waals surface area contributed by atoms with Crippen molar-refractivity contribution in [2.75, 3.05) is 10.6 Å². The number of carbonyl (C=O) groups excluding carboxylic acids is 1. The van der Waals surface area contributed by atoms with E-state index in [9.17, 15) is 4.79 Å². The lowest BCUT2D eigenvalue weighted by atomic mass is 9.95. The number of allylic oxidation sites excluding steroid dienone is 1. The van der Waals surface area contributed by atoms with E-state index in [-0.39, 0.29) is 5.91 Å². The number of pyridine rings is 1. The Hall–Kier alpha value is -3.62. The summed E-state index contributed by atoms with van der Waals surface area (Å²) in [6.07, 6.45) is 3.44. The van der Waals surface area contributed by atoms with Gasteiger partial charge in [0.2, 0.25) is 11.1 Å². The first-order valence-electron chi connectivity index (χ1n) is 11.5. The van der Waals surface area contributed by atoms with Gasteiger partial charge in [-0.1, -0.05) is 59.3 Å². The van der Waals surface area contributed by atoms with Crippen LogP contribution in [0.2, 0.25) is 5.02 Å². The van der Waals surface area contributed by atoms with E-state index in [0.717, 1.165) is 33.6 Å². The summed E-state index contributed by atoms with van der Waals surface area (Å²) in [5, 5.41) is 12.5. The number of anilines is 2. The molecule has 0 saturated carbocycles. The fourth-order valence-electron chi connectivity index (χ4n) is 4.24. The molecule has 4 aromatic rings. The number of halogens is 1. The minimum absolute atomic E-state index is 0.194. The number of aryl methyl sites for hydroxylation is 2. The summed E-state index contributed by atoms with van der Waals surface area (Å²) in [5.74, 6) is 1.02. The van der Waals surface area contributed by atoms with E-state index in [0.29, 0.717) is 27.5 Å². The Labute approximate surface area is 219 Å². The van der Waals surface area contributed by atoms with Gasteiger partial charge in [0.1, 0.15) is 6.04 Å². The van der Waals surface area contributed by atoms with Crippen molar-refractivity contribution in [1.82, 2.24) is 19.7 Å². The van der Waals surface area contributed by atoms with Crippen LogP contribution >= 0.6 is 23.4 Å². The molecule has 9 heteroatoms. The van der Waals surface area contributed by atoms with Crippen LogP contribution in [0.5, 0.6) is 0 Å². The summed E-state index contributed by atoms with van der Waals surface area (Å²) in [7, 11) is 0. The van der Waals surface area contributed by atoms with Crippen LogP contribution in [0, 0.1) is 13.8 Å². The van der Waals surface area contributed by atoms with E-state index in [4.69, 9.17) is 21.7 Å². The van der Waals surface area contributed by atoms with Crippen molar-refractivity contribution in [1.29, 1.82) is 0 Å². The maximum absolute atomic E-state index is 13.7. The van der Waals surface area contributed by atoms with E-state index in [1.54, 1.807) is 17.1 Å². The first-order chi connectivity index (χ1) is 17.4. The molecule has 7 nitrogen and oxygen atoms in total. The molecule has 5 rings (SSSR count). The maximum atomic E-state index is 13.7. The molecule has 2 aromatic carbocycles. The highest BCUT2D eigenvalue weighted by Gasteiger charge is 2.34. The predicted octanol–water partition coefficient (Wildman–Crippen LogP) is 6.16. The molecule has 2 aromatic heterocycles. The molecule has 3 heterocycles. The third kappa shape index (κ3) is 4.87. The number of aromatic nitrogens is 4. The summed E-state index contributed by atoms with van der Waals surface area (Å²) in [4.78, 5) is 22.5. The van der Waals surface area contributed by atoms with Gasteiger partial charge in [-0.2, -0.15) is 4.98 Å². The minimum Gasteiger partial charge on any atom is -0.328 e. The zero-order valence-electron chi connectivity index (χ0n) is 20.1. The van der Waals surface area contributed by atoms with Crippen LogP contribution in [0.3, 0.4) is 0 Å². The smallest absolute Gasteiger partial charge is 0.255 e. The number of nitrogens with zero attached hydrogens (tertiary/aromatic N) is 4. The van der Waals surface area contributed by atoms with Crippen LogP contribution < -0.4 is 10.6 Å². The summed E-state index contributed by atoms with van der Waals surface area (Å²) in [5.41, 5.74) is 6.13. The fraction of sp³-hybridized carbons (Fsp3) is 0.185. The Morgan fingerprint density at radius 2 is 1.89 bits per heavy atom. The average Bonchev–Trinajstić information content (AvgIpc) is 3.27. The molecule has 0 spiro atoms. The second kappa shape index (κ2) is 10.2. The van der Waals surface area contributed by atoms with E-state index < -0.39 is 6.04 Å². The quantitative estimate of drug-likeness (QED) is 0.298. The van der Waals surface area contributed by atoms with Gasteiger partial charge in [0.05, 0.1) is 5.57 Å². The number of thioether (sulfide) groups is 1. The van der Waals surface area contributed by atoms with Crippen molar-refractivity contribution in [3.63, 3.8) is 0 Å². The molecule has 2 N–H and O–H groups in total. The number of hydrogen-bond acceptors (Lipinski definition) is 6. The highest BCUT2D eigenvalue weighted by atomic mass is 35.5. The molecular formula is C27H25ClN6OS. The molecular weight excluding hydrogens is 492 g/mol. The average molecular weight is 517 g/mol. The normalized spacial score (nSPS) is 14.8. The van der Waals surface area contributed by atoms with Crippen molar-refractivity contribution < 1.29 is 4.79 Å². The summed E-state index contributed by atoms with van der Waals surface area (Å²) >= 11 is 7.82. The number of nitrogens with one attached hydrogen (secondary N) is 2. The molecule has 1 aliphatic rings. The largest absolute Gasteiger partial charge is 0.328 e. The van der Waals surface area contributed by atoms with Crippen molar-refractivity contribution >= 4 is 40.9 Å². The van der Waals surface area contributed by atoms with Crippen LogP contribution in [0.15, 0.2) is 83.4 Å². The first kappa shape index (κ1) is 24.1. The fourth-order valence-corrected chi connectivity index (χ4v) is 5.36. The molecule has 0 bridgehead atoms. The lowest BCUT2D eigenvalue weighted by Crippen LogP contribution is -2.31. The van der Waals surface area contributed by atoms with Crippen LogP contribution in [0.25, 0.3) is 0 Å². The van der Waals surface area contributed by atoms with Gasteiger partial charge in [-0.25, -0.2) is 4.68 Å². The summed E-state index contributed by atoms with van der Waals surface area (Å²) in [6, 6.07) is 17.0. The molecule has 1 unspecified atom stereocenters. The Bertz CT molecular complexity index is 1470.